The van der Waals surface area contributed by atoms with Crippen LogP contribution in [0.3, 0.4) is 0 Å². The Labute approximate surface area is 112 Å². The van der Waals surface area contributed by atoms with Crippen molar-refractivity contribution in [3.63, 3.8) is 0 Å². The summed E-state index contributed by atoms with van der Waals surface area (Å²) in [5.41, 5.74) is 3.12. The van der Waals surface area contributed by atoms with Crippen molar-refractivity contribution >= 4 is 11.9 Å². The van der Waals surface area contributed by atoms with Crippen molar-refractivity contribution in [3.05, 3.63) is 76.6 Å². The largest absolute Gasteiger partial charge is 0.289 e. The van der Waals surface area contributed by atoms with Crippen molar-refractivity contribution < 1.29 is 9.18 Å². The Morgan fingerprint density at radius 3 is 2.53 bits per heavy atom. The quantitative estimate of drug-likeness (QED) is 0.588. The topological polar surface area (TPSA) is 17.1 Å². The number of hydrogen-bond donors (Lipinski definition) is 0. The molecule has 19 heavy (non-hydrogen) atoms. The SMILES string of the molecule is Cc1ccc(C(=O)/C=C/c2ccccc2F)c(C)c1. The van der Waals surface area contributed by atoms with Crippen LogP contribution in [0, 0.1) is 19.7 Å². The van der Waals surface area contributed by atoms with E-state index in [9.17, 15) is 9.18 Å². The van der Waals surface area contributed by atoms with E-state index >= 15 is 0 Å². The molecule has 0 aliphatic rings. The van der Waals surface area contributed by atoms with Gasteiger partial charge in [0.2, 0.25) is 0 Å². The number of carbonyl (C=O) groups excluding carboxylic acids is 1. The van der Waals surface area contributed by atoms with Crippen molar-refractivity contribution in [1.29, 1.82) is 0 Å². The molecule has 2 aromatic rings. The maximum absolute atomic E-state index is 13.4. The van der Waals surface area contributed by atoms with Crippen LogP contribution >= 0.6 is 0 Å². The summed E-state index contributed by atoms with van der Waals surface area (Å²) in [5.74, 6) is -0.437. The molecule has 0 aliphatic heterocycles. The van der Waals surface area contributed by atoms with E-state index in [4.69, 9.17) is 0 Å². The third kappa shape index (κ3) is 3.16. The van der Waals surface area contributed by atoms with Gasteiger partial charge in [0.05, 0.1) is 0 Å². The molecule has 0 bridgehead atoms. The zero-order valence-corrected chi connectivity index (χ0v) is 11.0. The standard InChI is InChI=1S/C17H15FO/c1-12-7-9-15(13(2)11-12)17(19)10-8-14-5-3-4-6-16(14)18/h3-11H,1-2H3/b10-8+. The van der Waals surface area contributed by atoms with E-state index in [2.05, 4.69) is 0 Å². The summed E-state index contributed by atoms with van der Waals surface area (Å²) in [6.07, 6.45) is 2.92. The van der Waals surface area contributed by atoms with Crippen LogP contribution in [0.2, 0.25) is 0 Å². The van der Waals surface area contributed by atoms with E-state index < -0.39 is 0 Å². The molecule has 0 saturated carbocycles. The number of aryl methyl sites for hydroxylation is 2. The molecular formula is C17H15FO. The smallest absolute Gasteiger partial charge is 0.186 e. The lowest BCUT2D eigenvalue weighted by atomic mass is 10.0. The molecule has 2 aromatic carbocycles. The average molecular weight is 254 g/mol. The summed E-state index contributed by atoms with van der Waals surface area (Å²) in [4.78, 5) is 12.1. The Morgan fingerprint density at radius 1 is 1.11 bits per heavy atom. The summed E-state index contributed by atoms with van der Waals surface area (Å²) in [6.45, 7) is 3.88. The maximum atomic E-state index is 13.4. The first kappa shape index (κ1) is 13.2. The first-order valence-electron chi connectivity index (χ1n) is 6.12. The highest BCUT2D eigenvalue weighted by Crippen LogP contribution is 2.13. The summed E-state index contributed by atoms with van der Waals surface area (Å²) in [5, 5.41) is 0. The zero-order valence-electron chi connectivity index (χ0n) is 11.0. The summed E-state index contributed by atoms with van der Waals surface area (Å²) >= 11 is 0. The van der Waals surface area contributed by atoms with Gasteiger partial charge in [0, 0.05) is 11.1 Å². The maximum Gasteiger partial charge on any atom is 0.186 e. The van der Waals surface area contributed by atoms with E-state index in [1.54, 1.807) is 24.3 Å². The number of rotatable bonds is 3. The van der Waals surface area contributed by atoms with Gasteiger partial charge < -0.3 is 0 Å². The molecule has 0 amide bonds. The van der Waals surface area contributed by atoms with Gasteiger partial charge in [0.15, 0.2) is 5.78 Å². The minimum absolute atomic E-state index is 0.110. The zero-order chi connectivity index (χ0) is 13.8. The second-order valence-corrected chi connectivity index (χ2v) is 4.54. The molecule has 0 atom stereocenters. The first-order valence-corrected chi connectivity index (χ1v) is 6.12. The van der Waals surface area contributed by atoms with Gasteiger partial charge in [-0.15, -0.1) is 0 Å². The lowest BCUT2D eigenvalue weighted by molar-refractivity contribution is 0.104. The van der Waals surface area contributed by atoms with Crippen LogP contribution in [0.15, 0.2) is 48.5 Å². The molecule has 0 unspecified atom stereocenters. The summed E-state index contributed by atoms with van der Waals surface area (Å²) < 4.78 is 13.4. The third-order valence-electron chi connectivity index (χ3n) is 2.97. The number of benzene rings is 2. The minimum Gasteiger partial charge on any atom is -0.289 e. The summed E-state index contributed by atoms with van der Waals surface area (Å²) in [7, 11) is 0. The van der Waals surface area contributed by atoms with Crippen molar-refractivity contribution in [1.82, 2.24) is 0 Å². The molecule has 0 spiro atoms. The molecular weight excluding hydrogens is 239 g/mol. The van der Waals surface area contributed by atoms with Crippen LogP contribution in [0.5, 0.6) is 0 Å². The van der Waals surface area contributed by atoms with Gasteiger partial charge in [-0.3, -0.25) is 4.79 Å². The fraction of sp³-hybridized carbons (Fsp3) is 0.118. The second kappa shape index (κ2) is 5.61. The monoisotopic (exact) mass is 254 g/mol. The number of allylic oxidation sites excluding steroid dienone is 1. The van der Waals surface area contributed by atoms with Crippen LogP contribution in [0.4, 0.5) is 4.39 Å². The highest BCUT2D eigenvalue weighted by Gasteiger charge is 2.06. The van der Waals surface area contributed by atoms with E-state index in [-0.39, 0.29) is 11.6 Å². The van der Waals surface area contributed by atoms with Crippen LogP contribution in [-0.2, 0) is 0 Å². The van der Waals surface area contributed by atoms with Gasteiger partial charge in [0.25, 0.3) is 0 Å². The van der Waals surface area contributed by atoms with Crippen LogP contribution < -0.4 is 0 Å². The van der Waals surface area contributed by atoms with Gasteiger partial charge in [-0.05, 0) is 37.6 Å². The van der Waals surface area contributed by atoms with Crippen LogP contribution in [0.25, 0.3) is 6.08 Å². The molecule has 0 aromatic heterocycles. The molecule has 0 fully saturated rings. The Bertz CT molecular complexity index is 641. The molecule has 96 valence electrons. The van der Waals surface area contributed by atoms with Crippen molar-refractivity contribution in [3.8, 4) is 0 Å². The van der Waals surface area contributed by atoms with E-state index in [0.717, 1.165) is 11.1 Å². The number of hydrogen-bond acceptors (Lipinski definition) is 1. The number of halogens is 1. The average Bonchev–Trinajstić information content (AvgIpc) is 2.37. The molecule has 0 heterocycles. The molecule has 0 N–H and O–H groups in total. The molecule has 1 nitrogen and oxygen atoms in total. The van der Waals surface area contributed by atoms with Crippen LogP contribution in [0.1, 0.15) is 27.0 Å². The Balaban J connectivity index is 2.24. The number of ketones is 1. The van der Waals surface area contributed by atoms with Gasteiger partial charge >= 0.3 is 0 Å². The van der Waals surface area contributed by atoms with E-state index in [1.807, 2.05) is 26.0 Å². The van der Waals surface area contributed by atoms with Gasteiger partial charge in [-0.25, -0.2) is 4.39 Å². The van der Waals surface area contributed by atoms with Crippen molar-refractivity contribution in [2.24, 2.45) is 0 Å². The van der Waals surface area contributed by atoms with Crippen molar-refractivity contribution in [2.75, 3.05) is 0 Å². The van der Waals surface area contributed by atoms with E-state index in [1.165, 1.54) is 18.2 Å². The molecule has 0 aliphatic carbocycles. The number of carbonyl (C=O) groups is 1. The Kier molecular flexibility index (Phi) is 3.91. The molecule has 2 heteroatoms. The lowest BCUT2D eigenvalue weighted by Crippen LogP contribution is -1.98. The highest BCUT2D eigenvalue weighted by molar-refractivity contribution is 6.07. The predicted octanol–water partition coefficient (Wildman–Crippen LogP) is 4.34. The van der Waals surface area contributed by atoms with Crippen molar-refractivity contribution in [2.45, 2.75) is 13.8 Å². The van der Waals surface area contributed by atoms with Gasteiger partial charge in [-0.1, -0.05) is 42.0 Å². The van der Waals surface area contributed by atoms with E-state index in [0.29, 0.717) is 11.1 Å². The van der Waals surface area contributed by atoms with Gasteiger partial charge in [-0.2, -0.15) is 0 Å². The normalized spacial score (nSPS) is 10.9. The second-order valence-electron chi connectivity index (χ2n) is 4.54. The lowest BCUT2D eigenvalue weighted by Gasteiger charge is -2.03. The summed E-state index contributed by atoms with van der Waals surface area (Å²) in [6, 6.07) is 12.0. The van der Waals surface area contributed by atoms with Gasteiger partial charge in [0.1, 0.15) is 5.82 Å². The first-order chi connectivity index (χ1) is 9.08. The Hall–Kier alpha value is -2.22. The Morgan fingerprint density at radius 2 is 1.84 bits per heavy atom. The fourth-order valence-corrected chi connectivity index (χ4v) is 1.96. The minimum atomic E-state index is -0.327. The fourth-order valence-electron chi connectivity index (χ4n) is 1.96. The molecule has 0 radical (unpaired) electrons. The third-order valence-corrected chi connectivity index (χ3v) is 2.97. The molecule has 2 rings (SSSR count). The highest BCUT2D eigenvalue weighted by atomic mass is 19.1. The predicted molar refractivity (Wildman–Crippen MR) is 75.7 cm³/mol. The molecule has 0 saturated heterocycles. The van der Waals surface area contributed by atoms with Crippen LogP contribution in [-0.4, -0.2) is 5.78 Å².